The zero-order valence-corrected chi connectivity index (χ0v) is 11.4. The molecule has 2 aromatic rings. The van der Waals surface area contributed by atoms with Crippen LogP contribution in [0.3, 0.4) is 0 Å². The number of carbonyl (C=O) groups is 1. The molecule has 5 heteroatoms. The van der Waals surface area contributed by atoms with E-state index in [1.165, 1.54) is 19.2 Å². The predicted octanol–water partition coefficient (Wildman–Crippen LogP) is 2.84. The highest BCUT2D eigenvalue weighted by atomic mass is 19.1. The van der Waals surface area contributed by atoms with E-state index < -0.39 is 11.8 Å². The van der Waals surface area contributed by atoms with Crippen LogP contribution < -0.4 is 0 Å². The van der Waals surface area contributed by atoms with Crippen LogP contribution in [0.15, 0.2) is 41.2 Å². The minimum Gasteiger partial charge on any atom is -0.472 e. The normalized spacial score (nSPS) is 10.8. The van der Waals surface area contributed by atoms with E-state index in [4.69, 9.17) is 4.42 Å². The van der Waals surface area contributed by atoms with Gasteiger partial charge in [0.15, 0.2) is 0 Å². The highest BCUT2D eigenvalue weighted by molar-refractivity contribution is 5.89. The fourth-order valence-corrected chi connectivity index (χ4v) is 1.99. The minimum absolute atomic E-state index is 0.0475. The lowest BCUT2D eigenvalue weighted by molar-refractivity contribution is 0.0595. The number of rotatable bonds is 5. The van der Waals surface area contributed by atoms with Gasteiger partial charge in [0.25, 0.3) is 0 Å². The molecule has 4 nitrogen and oxygen atoms in total. The second-order valence-electron chi connectivity index (χ2n) is 4.61. The molecule has 0 saturated heterocycles. The molecule has 0 N–H and O–H groups in total. The Hall–Kier alpha value is -2.14. The second-order valence-corrected chi connectivity index (χ2v) is 4.61. The summed E-state index contributed by atoms with van der Waals surface area (Å²) in [5, 5.41) is 0. The van der Waals surface area contributed by atoms with Gasteiger partial charge in [-0.1, -0.05) is 6.07 Å². The molecule has 2 rings (SSSR count). The molecular weight excluding hydrogens is 261 g/mol. The maximum absolute atomic E-state index is 13.8. The first-order chi connectivity index (χ1) is 9.60. The van der Waals surface area contributed by atoms with Crippen molar-refractivity contribution in [3.05, 3.63) is 59.3 Å². The van der Waals surface area contributed by atoms with Gasteiger partial charge in [-0.3, -0.25) is 4.90 Å². The first-order valence-corrected chi connectivity index (χ1v) is 6.16. The number of methoxy groups -OCH3 is 1. The summed E-state index contributed by atoms with van der Waals surface area (Å²) in [5.74, 6) is -1.23. The lowest BCUT2D eigenvalue weighted by Crippen LogP contribution is -2.17. The van der Waals surface area contributed by atoms with Gasteiger partial charge in [0.1, 0.15) is 5.82 Å². The smallest absolute Gasteiger partial charge is 0.340 e. The van der Waals surface area contributed by atoms with Gasteiger partial charge < -0.3 is 9.15 Å². The molecule has 106 valence electrons. The third-order valence-corrected chi connectivity index (χ3v) is 2.92. The molecule has 0 aliphatic rings. The summed E-state index contributed by atoms with van der Waals surface area (Å²) in [6.07, 6.45) is 3.30. The topological polar surface area (TPSA) is 42.7 Å². The molecule has 0 radical (unpaired) electrons. The van der Waals surface area contributed by atoms with Crippen molar-refractivity contribution in [3.63, 3.8) is 0 Å². The van der Waals surface area contributed by atoms with E-state index in [0.29, 0.717) is 13.1 Å². The summed E-state index contributed by atoms with van der Waals surface area (Å²) in [6.45, 7) is 1.28. The Bertz CT molecular complexity index is 581. The molecular formula is C15H16FNO3. The Balaban J connectivity index is 2.03. The Morgan fingerprint density at radius 2 is 2.05 bits per heavy atom. The molecule has 0 atom stereocenters. The quantitative estimate of drug-likeness (QED) is 0.788. The van der Waals surface area contributed by atoms with Crippen LogP contribution in [0.1, 0.15) is 21.5 Å². The number of benzene rings is 1. The summed E-state index contributed by atoms with van der Waals surface area (Å²) in [6, 6.07) is 6.42. The SMILES string of the molecule is COC(=O)c1ccc(CN(C)Cc2ccoc2)cc1F. The Labute approximate surface area is 116 Å². The lowest BCUT2D eigenvalue weighted by Gasteiger charge is -2.16. The zero-order chi connectivity index (χ0) is 14.5. The van der Waals surface area contributed by atoms with Crippen molar-refractivity contribution in [2.24, 2.45) is 0 Å². The van der Waals surface area contributed by atoms with Gasteiger partial charge >= 0.3 is 5.97 Å². The van der Waals surface area contributed by atoms with Crippen LogP contribution >= 0.6 is 0 Å². The highest BCUT2D eigenvalue weighted by Gasteiger charge is 2.13. The molecule has 20 heavy (non-hydrogen) atoms. The monoisotopic (exact) mass is 277 g/mol. The number of halogens is 1. The molecule has 0 aliphatic carbocycles. The number of nitrogens with zero attached hydrogens (tertiary/aromatic N) is 1. The van der Waals surface area contributed by atoms with Crippen LogP contribution in [0.2, 0.25) is 0 Å². The molecule has 0 aliphatic heterocycles. The Morgan fingerprint density at radius 1 is 1.30 bits per heavy atom. The number of hydrogen-bond donors (Lipinski definition) is 0. The maximum atomic E-state index is 13.8. The van der Waals surface area contributed by atoms with Crippen molar-refractivity contribution in [2.45, 2.75) is 13.1 Å². The van der Waals surface area contributed by atoms with E-state index in [1.807, 2.05) is 18.0 Å². The largest absolute Gasteiger partial charge is 0.472 e. The standard InChI is InChI=1S/C15H16FNO3/c1-17(9-12-5-6-20-10-12)8-11-3-4-13(14(16)7-11)15(18)19-2/h3-7,10H,8-9H2,1-2H3. The molecule has 0 saturated carbocycles. The van der Waals surface area contributed by atoms with Gasteiger partial charge in [-0.2, -0.15) is 0 Å². The van der Waals surface area contributed by atoms with Crippen molar-refractivity contribution >= 4 is 5.97 Å². The summed E-state index contributed by atoms with van der Waals surface area (Å²) in [7, 11) is 3.16. The van der Waals surface area contributed by atoms with Crippen molar-refractivity contribution in [3.8, 4) is 0 Å². The van der Waals surface area contributed by atoms with Gasteiger partial charge in [0.05, 0.1) is 25.2 Å². The molecule has 0 amide bonds. The van der Waals surface area contributed by atoms with E-state index in [2.05, 4.69) is 4.74 Å². The summed E-state index contributed by atoms with van der Waals surface area (Å²) in [4.78, 5) is 13.3. The summed E-state index contributed by atoms with van der Waals surface area (Å²) >= 11 is 0. The molecule has 0 unspecified atom stereocenters. The summed E-state index contributed by atoms with van der Waals surface area (Å²) in [5.41, 5.74) is 1.80. The Morgan fingerprint density at radius 3 is 2.65 bits per heavy atom. The first-order valence-electron chi connectivity index (χ1n) is 6.16. The highest BCUT2D eigenvalue weighted by Crippen LogP contribution is 2.14. The average molecular weight is 277 g/mol. The fraction of sp³-hybridized carbons (Fsp3) is 0.267. The van der Waals surface area contributed by atoms with Crippen LogP contribution in [-0.4, -0.2) is 25.0 Å². The molecule has 1 aromatic heterocycles. The third kappa shape index (κ3) is 3.45. The molecule has 1 heterocycles. The first kappa shape index (κ1) is 14.3. The van der Waals surface area contributed by atoms with E-state index in [1.54, 1.807) is 18.6 Å². The minimum atomic E-state index is -0.666. The van der Waals surface area contributed by atoms with Crippen LogP contribution in [-0.2, 0) is 17.8 Å². The van der Waals surface area contributed by atoms with Gasteiger partial charge in [0.2, 0.25) is 0 Å². The predicted molar refractivity (Wildman–Crippen MR) is 71.6 cm³/mol. The number of furan rings is 1. The van der Waals surface area contributed by atoms with Crippen LogP contribution in [0.4, 0.5) is 4.39 Å². The number of carbonyl (C=O) groups excluding carboxylic acids is 1. The van der Waals surface area contributed by atoms with Crippen LogP contribution in [0.5, 0.6) is 0 Å². The Kier molecular flexibility index (Phi) is 4.53. The van der Waals surface area contributed by atoms with Crippen molar-refractivity contribution in [1.82, 2.24) is 4.90 Å². The molecule has 0 spiro atoms. The van der Waals surface area contributed by atoms with Crippen molar-refractivity contribution < 1.29 is 18.3 Å². The maximum Gasteiger partial charge on any atom is 0.340 e. The molecule has 1 aromatic carbocycles. The van der Waals surface area contributed by atoms with E-state index in [-0.39, 0.29) is 5.56 Å². The van der Waals surface area contributed by atoms with Crippen molar-refractivity contribution in [2.75, 3.05) is 14.2 Å². The number of hydrogen-bond acceptors (Lipinski definition) is 4. The van der Waals surface area contributed by atoms with Gasteiger partial charge in [-0.25, -0.2) is 9.18 Å². The lowest BCUT2D eigenvalue weighted by atomic mass is 10.1. The average Bonchev–Trinajstić information content (AvgIpc) is 2.90. The number of ether oxygens (including phenoxy) is 1. The van der Waals surface area contributed by atoms with E-state index in [9.17, 15) is 9.18 Å². The van der Waals surface area contributed by atoms with Crippen LogP contribution in [0.25, 0.3) is 0 Å². The number of esters is 1. The third-order valence-electron chi connectivity index (χ3n) is 2.92. The summed E-state index contributed by atoms with van der Waals surface area (Å²) < 4.78 is 23.3. The van der Waals surface area contributed by atoms with E-state index >= 15 is 0 Å². The molecule has 0 bridgehead atoms. The van der Waals surface area contributed by atoms with Gasteiger partial charge in [-0.15, -0.1) is 0 Å². The molecule has 0 fully saturated rings. The fourth-order valence-electron chi connectivity index (χ4n) is 1.99. The van der Waals surface area contributed by atoms with Gasteiger partial charge in [0, 0.05) is 18.7 Å². The second kappa shape index (κ2) is 6.34. The van der Waals surface area contributed by atoms with Gasteiger partial charge in [-0.05, 0) is 30.8 Å². The zero-order valence-electron chi connectivity index (χ0n) is 11.4. The van der Waals surface area contributed by atoms with Crippen molar-refractivity contribution in [1.29, 1.82) is 0 Å². The van der Waals surface area contributed by atoms with Crippen LogP contribution in [0, 0.1) is 5.82 Å². The van der Waals surface area contributed by atoms with E-state index in [0.717, 1.165) is 11.1 Å².